The molecular weight excluding hydrogens is 418 g/mol. The summed E-state index contributed by atoms with van der Waals surface area (Å²) in [6.07, 6.45) is 0.767. The lowest BCUT2D eigenvalue weighted by Gasteiger charge is -2.27. The molecule has 0 spiro atoms. The molecule has 1 aliphatic heterocycles. The van der Waals surface area contributed by atoms with E-state index in [2.05, 4.69) is 5.32 Å². The van der Waals surface area contributed by atoms with E-state index >= 15 is 0 Å². The third kappa shape index (κ3) is 5.07. The lowest BCUT2D eigenvalue weighted by Crippen LogP contribution is -2.41. The lowest BCUT2D eigenvalue weighted by molar-refractivity contribution is -0.143. The first-order valence-corrected chi connectivity index (χ1v) is 10.6. The predicted octanol–water partition coefficient (Wildman–Crippen LogP) is 3.73. The number of carbonyl (C=O) groups excluding carboxylic acids is 1. The molecule has 2 N–H and O–H groups in total. The Morgan fingerprint density at radius 1 is 1.16 bits per heavy atom. The van der Waals surface area contributed by atoms with Crippen LogP contribution in [0.5, 0.6) is 5.75 Å². The molecule has 4 atom stereocenters. The van der Waals surface area contributed by atoms with Gasteiger partial charge in [-0.1, -0.05) is 25.1 Å². The largest absolute Gasteiger partial charge is 0.497 e. The summed E-state index contributed by atoms with van der Waals surface area (Å²) < 4.78 is 32.6. The number of carbonyl (C=O) groups is 2. The average molecular weight is 446 g/mol. The molecule has 0 bridgehead atoms. The molecule has 0 aromatic heterocycles. The molecule has 172 valence electrons. The number of halogens is 2. The van der Waals surface area contributed by atoms with Gasteiger partial charge in [-0.3, -0.25) is 14.5 Å². The summed E-state index contributed by atoms with van der Waals surface area (Å²) in [6.45, 7) is 4.06. The van der Waals surface area contributed by atoms with Gasteiger partial charge >= 0.3 is 5.97 Å². The highest BCUT2D eigenvalue weighted by Crippen LogP contribution is 2.46. The molecule has 4 unspecified atom stereocenters. The summed E-state index contributed by atoms with van der Waals surface area (Å²) in [5, 5.41) is 13.0. The van der Waals surface area contributed by atoms with E-state index in [1.54, 1.807) is 29.2 Å². The number of carboxylic acid groups (broad SMARTS) is 1. The van der Waals surface area contributed by atoms with E-state index in [-0.39, 0.29) is 25.0 Å². The smallest absolute Gasteiger partial charge is 0.309 e. The van der Waals surface area contributed by atoms with E-state index < -0.39 is 35.5 Å². The normalized spacial score (nSPS) is 21.8. The van der Waals surface area contributed by atoms with Crippen LogP contribution in [-0.2, 0) is 9.59 Å². The number of hydrogen-bond acceptors (Lipinski definition) is 4. The highest BCUT2D eigenvalue weighted by atomic mass is 19.2. The molecule has 2 aromatic carbocycles. The van der Waals surface area contributed by atoms with Gasteiger partial charge in [0.15, 0.2) is 11.6 Å². The van der Waals surface area contributed by atoms with Gasteiger partial charge in [-0.25, -0.2) is 8.78 Å². The molecule has 1 fully saturated rings. The fourth-order valence-corrected chi connectivity index (χ4v) is 4.28. The van der Waals surface area contributed by atoms with Crippen molar-refractivity contribution in [3.05, 3.63) is 65.2 Å². The Morgan fingerprint density at radius 3 is 2.38 bits per heavy atom. The number of likely N-dealkylation sites (tertiary alicyclic amines) is 1. The van der Waals surface area contributed by atoms with Crippen LogP contribution in [0.25, 0.3) is 0 Å². The molecule has 3 rings (SSSR count). The molecule has 0 aliphatic carbocycles. The van der Waals surface area contributed by atoms with E-state index in [0.717, 1.165) is 18.6 Å². The number of aliphatic carboxylic acids is 1. The summed E-state index contributed by atoms with van der Waals surface area (Å²) in [6, 6.07) is 9.83. The van der Waals surface area contributed by atoms with Crippen LogP contribution in [0.3, 0.4) is 0 Å². The fraction of sp³-hybridized carbons (Fsp3) is 0.417. The number of nitrogens with one attached hydrogen (secondary N) is 1. The summed E-state index contributed by atoms with van der Waals surface area (Å²) in [5.41, 5.74) is 1.10. The number of carboxylic acids is 1. The van der Waals surface area contributed by atoms with Crippen molar-refractivity contribution in [3.63, 3.8) is 0 Å². The topological polar surface area (TPSA) is 78.9 Å². The van der Waals surface area contributed by atoms with Gasteiger partial charge in [-0.15, -0.1) is 0 Å². The van der Waals surface area contributed by atoms with Crippen LogP contribution in [0.1, 0.15) is 43.4 Å². The standard InChI is InChI=1S/C24H28F2N2O4/c1-4-14(2)27-21(29)13-28-12-18(16-7-10-19(25)20(26)11-16)22(24(30)31)23(28)15-5-8-17(32-3)9-6-15/h5-11,14,18,22-23H,4,12-13H2,1-3H3,(H,27,29)(H,30,31). The van der Waals surface area contributed by atoms with E-state index in [1.165, 1.54) is 13.2 Å². The van der Waals surface area contributed by atoms with Crippen molar-refractivity contribution in [3.8, 4) is 5.75 Å². The van der Waals surface area contributed by atoms with Crippen molar-refractivity contribution < 1.29 is 28.2 Å². The van der Waals surface area contributed by atoms with Gasteiger partial charge < -0.3 is 15.2 Å². The summed E-state index contributed by atoms with van der Waals surface area (Å²) >= 11 is 0. The second-order valence-electron chi connectivity index (χ2n) is 8.17. The second-order valence-corrected chi connectivity index (χ2v) is 8.17. The summed E-state index contributed by atoms with van der Waals surface area (Å²) in [7, 11) is 1.54. The van der Waals surface area contributed by atoms with Gasteiger partial charge in [-0.05, 0) is 48.7 Å². The van der Waals surface area contributed by atoms with Crippen molar-refractivity contribution in [2.24, 2.45) is 5.92 Å². The maximum atomic E-state index is 13.9. The van der Waals surface area contributed by atoms with Gasteiger partial charge in [0, 0.05) is 24.5 Å². The monoisotopic (exact) mass is 446 g/mol. The predicted molar refractivity (Wildman–Crippen MR) is 115 cm³/mol. The molecule has 1 amide bonds. The third-order valence-corrected chi connectivity index (χ3v) is 6.08. The van der Waals surface area contributed by atoms with Crippen molar-refractivity contribution in [1.82, 2.24) is 10.2 Å². The van der Waals surface area contributed by atoms with Gasteiger partial charge in [0.1, 0.15) is 5.75 Å². The number of methoxy groups -OCH3 is 1. The quantitative estimate of drug-likeness (QED) is 0.646. The number of amides is 1. The minimum absolute atomic E-state index is 0.00894. The second kappa shape index (κ2) is 10.1. The number of nitrogens with zero attached hydrogens (tertiary/aromatic N) is 1. The molecule has 1 saturated heterocycles. The van der Waals surface area contributed by atoms with Crippen LogP contribution >= 0.6 is 0 Å². The van der Waals surface area contributed by atoms with Crippen LogP contribution in [0.4, 0.5) is 8.78 Å². The Hall–Kier alpha value is -3.00. The van der Waals surface area contributed by atoms with Crippen LogP contribution in [0.2, 0.25) is 0 Å². The van der Waals surface area contributed by atoms with Crippen molar-refractivity contribution in [1.29, 1.82) is 0 Å². The minimum atomic E-state index is -1.06. The van der Waals surface area contributed by atoms with Gasteiger partial charge in [0.2, 0.25) is 5.91 Å². The molecule has 32 heavy (non-hydrogen) atoms. The Kier molecular flexibility index (Phi) is 7.45. The zero-order chi connectivity index (χ0) is 23.4. The van der Waals surface area contributed by atoms with Gasteiger partial charge in [0.05, 0.1) is 19.6 Å². The molecule has 0 radical (unpaired) electrons. The zero-order valence-electron chi connectivity index (χ0n) is 18.3. The fourth-order valence-electron chi connectivity index (χ4n) is 4.28. The SMILES string of the molecule is CCC(C)NC(=O)CN1CC(c2ccc(F)c(F)c2)C(C(=O)O)C1c1ccc(OC)cc1. The van der Waals surface area contributed by atoms with E-state index in [4.69, 9.17) is 4.74 Å². The first-order valence-electron chi connectivity index (χ1n) is 10.6. The number of rotatable bonds is 8. The summed E-state index contributed by atoms with van der Waals surface area (Å²) in [4.78, 5) is 26.8. The number of ether oxygens (including phenoxy) is 1. The maximum Gasteiger partial charge on any atom is 0.309 e. The highest BCUT2D eigenvalue weighted by molar-refractivity contribution is 5.79. The van der Waals surface area contributed by atoms with Crippen molar-refractivity contribution >= 4 is 11.9 Å². The van der Waals surface area contributed by atoms with Gasteiger partial charge in [-0.2, -0.15) is 0 Å². The molecule has 0 saturated carbocycles. The molecule has 1 heterocycles. The number of hydrogen-bond donors (Lipinski definition) is 2. The Bertz CT molecular complexity index is 967. The van der Waals surface area contributed by atoms with Crippen LogP contribution in [0, 0.1) is 17.6 Å². The first kappa shape index (κ1) is 23.7. The molecule has 6 nitrogen and oxygen atoms in total. The Morgan fingerprint density at radius 2 is 1.81 bits per heavy atom. The van der Waals surface area contributed by atoms with E-state index in [9.17, 15) is 23.5 Å². The van der Waals surface area contributed by atoms with Crippen LogP contribution in [-0.4, -0.2) is 48.1 Å². The van der Waals surface area contributed by atoms with Gasteiger partial charge in [0.25, 0.3) is 0 Å². The lowest BCUT2D eigenvalue weighted by atomic mass is 9.83. The molecule has 8 heteroatoms. The maximum absolute atomic E-state index is 13.9. The molecular formula is C24H28F2N2O4. The van der Waals surface area contributed by atoms with Crippen LogP contribution in [0.15, 0.2) is 42.5 Å². The highest BCUT2D eigenvalue weighted by Gasteiger charge is 2.48. The summed E-state index contributed by atoms with van der Waals surface area (Å²) in [5.74, 6) is -4.25. The Labute approximate surface area is 186 Å². The number of benzene rings is 2. The Balaban J connectivity index is 2.00. The minimum Gasteiger partial charge on any atom is -0.497 e. The van der Waals surface area contributed by atoms with Crippen LogP contribution < -0.4 is 10.1 Å². The van der Waals surface area contributed by atoms with Crippen molar-refractivity contribution in [2.45, 2.75) is 38.3 Å². The first-order chi connectivity index (χ1) is 15.2. The molecule has 1 aliphatic rings. The van der Waals surface area contributed by atoms with Crippen molar-refractivity contribution in [2.75, 3.05) is 20.2 Å². The third-order valence-electron chi connectivity index (χ3n) is 6.08. The van der Waals surface area contributed by atoms with E-state index in [1.807, 2.05) is 13.8 Å². The zero-order valence-corrected chi connectivity index (χ0v) is 18.3. The molecule has 2 aromatic rings. The van der Waals surface area contributed by atoms with E-state index in [0.29, 0.717) is 16.9 Å². The average Bonchev–Trinajstić information content (AvgIpc) is 3.14.